The summed E-state index contributed by atoms with van der Waals surface area (Å²) in [5.74, 6) is -1.35. The molecule has 21 heavy (non-hydrogen) atoms. The number of rotatable bonds is 6. The van der Waals surface area contributed by atoms with Gasteiger partial charge in [-0.25, -0.2) is 9.59 Å². The number of ether oxygens (including phenoxy) is 1. The Kier molecular flexibility index (Phi) is 5.99. The first-order valence-electron chi connectivity index (χ1n) is 7.30. The molecule has 0 radical (unpaired) electrons. The van der Waals surface area contributed by atoms with E-state index in [-0.39, 0.29) is 13.2 Å². The molecule has 0 aromatic heterocycles. The highest BCUT2D eigenvalue weighted by molar-refractivity contribution is 5.84. The average Bonchev–Trinajstić information content (AvgIpc) is 2.93. The number of nitrogens with one attached hydrogen (secondary N) is 1. The SMILES string of the molecule is CCOC(=O)C1CCCN1C(=O)NCC(C)(CC)C(=O)O. The van der Waals surface area contributed by atoms with Gasteiger partial charge >= 0.3 is 18.0 Å². The standard InChI is InChI=1S/C14H24N2O5/c1-4-14(3,12(18)19)9-15-13(20)16-8-6-7-10(16)11(17)21-5-2/h10H,4-9H2,1-3H3,(H,15,20)(H,18,19). The van der Waals surface area contributed by atoms with Gasteiger partial charge in [-0.3, -0.25) is 4.79 Å². The smallest absolute Gasteiger partial charge is 0.328 e. The lowest BCUT2D eigenvalue weighted by molar-refractivity contribution is -0.149. The van der Waals surface area contributed by atoms with Crippen molar-refractivity contribution in [2.45, 2.75) is 46.1 Å². The summed E-state index contributed by atoms with van der Waals surface area (Å²) in [6.45, 7) is 5.85. The molecule has 2 N–H and O–H groups in total. The van der Waals surface area contributed by atoms with Gasteiger partial charge in [0.25, 0.3) is 0 Å². The Hall–Kier alpha value is -1.79. The molecular formula is C14H24N2O5. The highest BCUT2D eigenvalue weighted by atomic mass is 16.5. The first-order valence-corrected chi connectivity index (χ1v) is 7.30. The molecule has 0 bridgehead atoms. The van der Waals surface area contributed by atoms with Crippen molar-refractivity contribution in [3.8, 4) is 0 Å². The number of carboxylic acids is 1. The molecule has 120 valence electrons. The van der Waals surface area contributed by atoms with E-state index in [1.807, 2.05) is 0 Å². The van der Waals surface area contributed by atoms with Crippen molar-refractivity contribution in [2.75, 3.05) is 19.7 Å². The first-order chi connectivity index (χ1) is 9.85. The van der Waals surface area contributed by atoms with Gasteiger partial charge in [0.15, 0.2) is 0 Å². The Balaban J connectivity index is 2.62. The van der Waals surface area contributed by atoms with Crippen LogP contribution in [0.2, 0.25) is 0 Å². The van der Waals surface area contributed by atoms with E-state index < -0.39 is 29.4 Å². The van der Waals surface area contributed by atoms with E-state index in [0.717, 1.165) is 6.42 Å². The minimum absolute atomic E-state index is 0.0315. The summed E-state index contributed by atoms with van der Waals surface area (Å²) < 4.78 is 4.96. The largest absolute Gasteiger partial charge is 0.481 e. The van der Waals surface area contributed by atoms with Gasteiger partial charge in [-0.2, -0.15) is 0 Å². The van der Waals surface area contributed by atoms with Crippen molar-refractivity contribution in [1.29, 1.82) is 0 Å². The topological polar surface area (TPSA) is 95.9 Å². The van der Waals surface area contributed by atoms with Crippen LogP contribution in [0.15, 0.2) is 0 Å². The van der Waals surface area contributed by atoms with E-state index in [9.17, 15) is 19.5 Å². The van der Waals surface area contributed by atoms with E-state index in [0.29, 0.717) is 19.4 Å². The zero-order valence-electron chi connectivity index (χ0n) is 12.8. The molecule has 2 amide bonds. The zero-order chi connectivity index (χ0) is 16.0. The van der Waals surface area contributed by atoms with E-state index in [4.69, 9.17) is 4.74 Å². The Morgan fingerprint density at radius 1 is 1.38 bits per heavy atom. The van der Waals surface area contributed by atoms with Crippen molar-refractivity contribution in [3.63, 3.8) is 0 Å². The summed E-state index contributed by atoms with van der Waals surface area (Å²) in [7, 11) is 0. The van der Waals surface area contributed by atoms with E-state index >= 15 is 0 Å². The van der Waals surface area contributed by atoms with Gasteiger partial charge in [0, 0.05) is 13.1 Å². The maximum Gasteiger partial charge on any atom is 0.328 e. The summed E-state index contributed by atoms with van der Waals surface area (Å²) >= 11 is 0. The number of urea groups is 1. The Morgan fingerprint density at radius 3 is 2.57 bits per heavy atom. The van der Waals surface area contributed by atoms with E-state index in [1.54, 1.807) is 20.8 Å². The second-order valence-electron chi connectivity index (χ2n) is 5.48. The number of carbonyl (C=O) groups excluding carboxylic acids is 2. The average molecular weight is 300 g/mol. The zero-order valence-corrected chi connectivity index (χ0v) is 12.8. The molecule has 0 aromatic carbocycles. The Morgan fingerprint density at radius 2 is 2.05 bits per heavy atom. The lowest BCUT2D eigenvalue weighted by atomic mass is 9.88. The quantitative estimate of drug-likeness (QED) is 0.719. The predicted molar refractivity (Wildman–Crippen MR) is 75.8 cm³/mol. The Labute approximate surface area is 124 Å². The minimum atomic E-state index is -1.01. The molecule has 1 aliphatic rings. The van der Waals surface area contributed by atoms with Crippen LogP contribution >= 0.6 is 0 Å². The number of carboxylic acid groups (broad SMARTS) is 1. The van der Waals surface area contributed by atoms with Gasteiger partial charge in [0.2, 0.25) is 0 Å². The van der Waals surface area contributed by atoms with Crippen molar-refractivity contribution in [3.05, 3.63) is 0 Å². The molecule has 1 rings (SSSR count). The van der Waals surface area contributed by atoms with Crippen LogP contribution in [-0.2, 0) is 14.3 Å². The lowest BCUT2D eigenvalue weighted by Crippen LogP contribution is -2.50. The highest BCUT2D eigenvalue weighted by Gasteiger charge is 2.37. The van der Waals surface area contributed by atoms with Gasteiger partial charge in [-0.15, -0.1) is 0 Å². The van der Waals surface area contributed by atoms with Crippen LogP contribution in [0.5, 0.6) is 0 Å². The molecule has 1 aliphatic heterocycles. The number of hydrogen-bond donors (Lipinski definition) is 2. The van der Waals surface area contributed by atoms with Gasteiger partial charge in [0.1, 0.15) is 6.04 Å². The summed E-state index contributed by atoms with van der Waals surface area (Å²) in [5.41, 5.74) is -1.01. The molecule has 0 aromatic rings. The minimum Gasteiger partial charge on any atom is -0.481 e. The molecule has 7 heteroatoms. The number of esters is 1. The van der Waals surface area contributed by atoms with Crippen molar-refractivity contribution >= 4 is 18.0 Å². The number of likely N-dealkylation sites (tertiary alicyclic amines) is 1. The predicted octanol–water partition coefficient (Wildman–Crippen LogP) is 1.22. The molecule has 0 saturated carbocycles. The van der Waals surface area contributed by atoms with Crippen LogP contribution in [0.25, 0.3) is 0 Å². The van der Waals surface area contributed by atoms with Crippen LogP contribution in [0.4, 0.5) is 4.79 Å². The van der Waals surface area contributed by atoms with Crippen molar-refractivity contribution < 1.29 is 24.2 Å². The number of aliphatic carboxylic acids is 1. The van der Waals surface area contributed by atoms with E-state index in [2.05, 4.69) is 5.32 Å². The fourth-order valence-corrected chi connectivity index (χ4v) is 2.22. The van der Waals surface area contributed by atoms with Crippen LogP contribution < -0.4 is 5.32 Å². The molecule has 1 heterocycles. The van der Waals surface area contributed by atoms with Crippen LogP contribution in [0.1, 0.15) is 40.0 Å². The highest BCUT2D eigenvalue weighted by Crippen LogP contribution is 2.22. The summed E-state index contributed by atoms with van der Waals surface area (Å²) in [6, 6.07) is -0.978. The fourth-order valence-electron chi connectivity index (χ4n) is 2.22. The molecule has 0 aliphatic carbocycles. The monoisotopic (exact) mass is 300 g/mol. The van der Waals surface area contributed by atoms with Crippen molar-refractivity contribution in [1.82, 2.24) is 10.2 Å². The maximum atomic E-state index is 12.2. The number of hydrogen-bond acceptors (Lipinski definition) is 4. The first kappa shape index (κ1) is 17.3. The molecular weight excluding hydrogens is 276 g/mol. The van der Waals surface area contributed by atoms with Crippen LogP contribution in [0.3, 0.4) is 0 Å². The molecule has 1 fully saturated rings. The fraction of sp³-hybridized carbons (Fsp3) is 0.786. The Bertz CT molecular complexity index is 412. The molecule has 0 spiro atoms. The number of amides is 2. The molecule has 2 unspecified atom stereocenters. The third kappa shape index (κ3) is 4.09. The van der Waals surface area contributed by atoms with Gasteiger partial charge < -0.3 is 20.1 Å². The number of nitrogens with zero attached hydrogens (tertiary/aromatic N) is 1. The number of carbonyl (C=O) groups is 3. The second-order valence-corrected chi connectivity index (χ2v) is 5.48. The summed E-state index contributed by atoms with van der Waals surface area (Å²) in [4.78, 5) is 36.6. The van der Waals surface area contributed by atoms with Gasteiger partial charge in [-0.1, -0.05) is 6.92 Å². The third-order valence-corrected chi connectivity index (χ3v) is 4.00. The van der Waals surface area contributed by atoms with Crippen LogP contribution in [0, 0.1) is 5.41 Å². The second kappa shape index (κ2) is 7.28. The normalized spacial score (nSPS) is 20.7. The molecule has 7 nitrogen and oxygen atoms in total. The molecule has 1 saturated heterocycles. The van der Waals surface area contributed by atoms with Gasteiger partial charge in [-0.05, 0) is 33.1 Å². The lowest BCUT2D eigenvalue weighted by Gasteiger charge is -2.27. The summed E-state index contributed by atoms with van der Waals surface area (Å²) in [5, 5.41) is 11.8. The third-order valence-electron chi connectivity index (χ3n) is 4.00. The van der Waals surface area contributed by atoms with Gasteiger partial charge in [0.05, 0.1) is 12.0 Å². The van der Waals surface area contributed by atoms with Crippen LogP contribution in [-0.4, -0.2) is 53.7 Å². The molecule has 2 atom stereocenters. The summed E-state index contributed by atoms with van der Waals surface area (Å²) in [6.07, 6.45) is 1.72. The van der Waals surface area contributed by atoms with E-state index in [1.165, 1.54) is 4.90 Å². The van der Waals surface area contributed by atoms with Crippen molar-refractivity contribution in [2.24, 2.45) is 5.41 Å². The maximum absolute atomic E-state index is 12.2.